The van der Waals surface area contributed by atoms with E-state index in [0.29, 0.717) is 11.6 Å². The fourth-order valence-electron chi connectivity index (χ4n) is 1.12. The Morgan fingerprint density at radius 1 is 1.25 bits per heavy atom. The van der Waals surface area contributed by atoms with Crippen molar-refractivity contribution in [2.75, 3.05) is 5.32 Å². The lowest BCUT2D eigenvalue weighted by atomic mass is 10.3. The maximum atomic E-state index is 11.3. The smallest absolute Gasteiger partial charge is 0.273 e. The van der Waals surface area contributed by atoms with E-state index in [1.807, 2.05) is 24.3 Å². The monoisotopic (exact) mass is 280 g/mol. The van der Waals surface area contributed by atoms with E-state index >= 15 is 0 Å². The highest BCUT2D eigenvalue weighted by Crippen LogP contribution is 2.15. The Labute approximate surface area is 100 Å². The van der Waals surface area contributed by atoms with Crippen LogP contribution in [0.2, 0.25) is 0 Å². The molecular weight excluding hydrogens is 272 g/mol. The van der Waals surface area contributed by atoms with Gasteiger partial charge in [-0.05, 0) is 31.2 Å². The van der Waals surface area contributed by atoms with Gasteiger partial charge in [0.2, 0.25) is 5.95 Å². The lowest BCUT2D eigenvalue weighted by Gasteiger charge is -2.04. The van der Waals surface area contributed by atoms with E-state index in [1.54, 1.807) is 6.92 Å². The van der Waals surface area contributed by atoms with Crippen LogP contribution in [0.15, 0.2) is 33.5 Å². The fraction of sp³-hybridized carbons (Fsp3) is 0.100. The van der Waals surface area contributed by atoms with Crippen molar-refractivity contribution in [2.45, 2.75) is 6.92 Å². The van der Waals surface area contributed by atoms with Crippen molar-refractivity contribution in [3.05, 3.63) is 44.8 Å². The fourth-order valence-corrected chi connectivity index (χ4v) is 1.38. The maximum Gasteiger partial charge on any atom is 0.273 e. The maximum absolute atomic E-state index is 11.3. The molecule has 82 valence electrons. The molecule has 0 unspecified atom stereocenters. The van der Waals surface area contributed by atoms with Crippen LogP contribution in [-0.4, -0.2) is 15.2 Å². The molecule has 0 saturated carbocycles. The molecule has 16 heavy (non-hydrogen) atoms. The molecule has 2 aromatic rings. The van der Waals surface area contributed by atoms with Gasteiger partial charge in [-0.25, -0.2) is 0 Å². The zero-order valence-corrected chi connectivity index (χ0v) is 10.1. The van der Waals surface area contributed by atoms with Crippen LogP contribution in [0, 0.1) is 6.92 Å². The highest BCUT2D eigenvalue weighted by Gasteiger charge is 2.00. The number of rotatable bonds is 2. The van der Waals surface area contributed by atoms with Crippen molar-refractivity contribution in [2.24, 2.45) is 0 Å². The molecule has 0 aliphatic heterocycles. The highest BCUT2D eigenvalue weighted by atomic mass is 79.9. The minimum absolute atomic E-state index is 0.241. The van der Waals surface area contributed by atoms with Gasteiger partial charge in [0.25, 0.3) is 5.56 Å². The third kappa shape index (κ3) is 2.46. The number of H-pyrrole nitrogens is 1. The largest absolute Gasteiger partial charge is 0.324 e. The Hall–Kier alpha value is -1.69. The Morgan fingerprint density at radius 3 is 2.56 bits per heavy atom. The average molecular weight is 281 g/mol. The molecule has 0 atom stereocenters. The summed E-state index contributed by atoms with van der Waals surface area (Å²) < 4.78 is 0.988. The van der Waals surface area contributed by atoms with Crippen molar-refractivity contribution in [3.63, 3.8) is 0 Å². The van der Waals surface area contributed by atoms with Gasteiger partial charge >= 0.3 is 0 Å². The van der Waals surface area contributed by atoms with Gasteiger partial charge < -0.3 is 5.32 Å². The van der Waals surface area contributed by atoms with Crippen LogP contribution in [-0.2, 0) is 0 Å². The summed E-state index contributed by atoms with van der Waals surface area (Å²) >= 11 is 3.34. The summed E-state index contributed by atoms with van der Waals surface area (Å²) in [5, 5.41) is 10.5. The Balaban J connectivity index is 2.24. The topological polar surface area (TPSA) is 70.7 Å². The molecular formula is C10H9BrN4O. The summed E-state index contributed by atoms with van der Waals surface area (Å²) in [5.41, 5.74) is 0.938. The van der Waals surface area contributed by atoms with Crippen LogP contribution < -0.4 is 10.9 Å². The van der Waals surface area contributed by atoms with Gasteiger partial charge in [0.05, 0.1) is 0 Å². The number of benzene rings is 1. The number of nitrogens with zero attached hydrogens (tertiary/aromatic N) is 2. The second-order valence-corrected chi connectivity index (χ2v) is 4.14. The Kier molecular flexibility index (Phi) is 3.00. The van der Waals surface area contributed by atoms with E-state index in [2.05, 4.69) is 36.4 Å². The molecule has 0 aliphatic carbocycles. The van der Waals surface area contributed by atoms with E-state index in [0.717, 1.165) is 10.2 Å². The molecule has 0 fully saturated rings. The molecule has 1 aromatic carbocycles. The van der Waals surface area contributed by atoms with Gasteiger partial charge in [0.15, 0.2) is 0 Å². The third-order valence-corrected chi connectivity index (χ3v) is 2.50. The van der Waals surface area contributed by atoms with Crippen molar-refractivity contribution in [3.8, 4) is 0 Å². The van der Waals surface area contributed by atoms with Crippen LogP contribution in [0.3, 0.4) is 0 Å². The molecule has 1 aromatic heterocycles. The van der Waals surface area contributed by atoms with Crippen LogP contribution in [0.1, 0.15) is 5.69 Å². The summed E-state index contributed by atoms with van der Waals surface area (Å²) in [7, 11) is 0. The van der Waals surface area contributed by atoms with E-state index in [-0.39, 0.29) is 5.56 Å². The number of nitrogens with one attached hydrogen (secondary N) is 2. The third-order valence-electron chi connectivity index (χ3n) is 1.97. The first kappa shape index (κ1) is 10.8. The number of aromatic amines is 1. The Bertz CT molecular complexity index is 549. The predicted octanol–water partition coefficient (Wildman–Crippen LogP) is 1.98. The van der Waals surface area contributed by atoms with Crippen LogP contribution in [0.4, 0.5) is 11.6 Å². The van der Waals surface area contributed by atoms with Gasteiger partial charge in [-0.2, -0.15) is 0 Å². The SMILES string of the molecule is Cc1nnc(Nc2ccc(Br)cc2)[nH]c1=O. The molecule has 2 rings (SSSR count). The van der Waals surface area contributed by atoms with Crippen molar-refractivity contribution >= 4 is 27.6 Å². The van der Waals surface area contributed by atoms with E-state index < -0.39 is 0 Å². The van der Waals surface area contributed by atoms with E-state index in [4.69, 9.17) is 0 Å². The van der Waals surface area contributed by atoms with Crippen LogP contribution >= 0.6 is 15.9 Å². The van der Waals surface area contributed by atoms with Crippen molar-refractivity contribution in [1.82, 2.24) is 15.2 Å². The molecule has 0 aliphatic rings. The first-order chi connectivity index (χ1) is 7.65. The van der Waals surface area contributed by atoms with E-state index in [1.165, 1.54) is 0 Å². The summed E-state index contributed by atoms with van der Waals surface area (Å²) in [5.74, 6) is 0.331. The summed E-state index contributed by atoms with van der Waals surface area (Å²) in [6, 6.07) is 7.51. The Morgan fingerprint density at radius 2 is 1.94 bits per heavy atom. The molecule has 0 saturated heterocycles. The van der Waals surface area contributed by atoms with Crippen LogP contribution in [0.25, 0.3) is 0 Å². The van der Waals surface area contributed by atoms with Crippen molar-refractivity contribution in [1.29, 1.82) is 0 Å². The molecule has 1 heterocycles. The lowest BCUT2D eigenvalue weighted by molar-refractivity contribution is 0.908. The summed E-state index contributed by atoms with van der Waals surface area (Å²) in [6.45, 7) is 1.61. The van der Waals surface area contributed by atoms with Gasteiger partial charge in [0.1, 0.15) is 5.69 Å². The number of anilines is 2. The minimum atomic E-state index is -0.241. The van der Waals surface area contributed by atoms with Gasteiger partial charge in [0, 0.05) is 10.2 Å². The minimum Gasteiger partial charge on any atom is -0.324 e. The first-order valence-corrected chi connectivity index (χ1v) is 5.40. The van der Waals surface area contributed by atoms with Gasteiger partial charge in [-0.1, -0.05) is 15.9 Å². The van der Waals surface area contributed by atoms with E-state index in [9.17, 15) is 4.79 Å². The summed E-state index contributed by atoms with van der Waals surface area (Å²) in [4.78, 5) is 13.9. The summed E-state index contributed by atoms with van der Waals surface area (Å²) in [6.07, 6.45) is 0. The van der Waals surface area contributed by atoms with Crippen molar-refractivity contribution < 1.29 is 0 Å². The molecule has 5 nitrogen and oxygen atoms in total. The molecule has 0 spiro atoms. The molecule has 2 N–H and O–H groups in total. The number of aryl methyl sites for hydroxylation is 1. The lowest BCUT2D eigenvalue weighted by Crippen LogP contribution is -2.15. The van der Waals surface area contributed by atoms with Gasteiger partial charge in [-0.3, -0.25) is 9.78 Å². The molecule has 0 radical (unpaired) electrons. The molecule has 0 bridgehead atoms. The molecule has 6 heteroatoms. The molecule has 0 amide bonds. The van der Waals surface area contributed by atoms with Gasteiger partial charge in [-0.15, -0.1) is 10.2 Å². The first-order valence-electron chi connectivity index (χ1n) is 4.61. The second-order valence-electron chi connectivity index (χ2n) is 3.22. The average Bonchev–Trinajstić information content (AvgIpc) is 2.27. The number of hydrogen-bond donors (Lipinski definition) is 2. The number of aromatic nitrogens is 3. The number of hydrogen-bond acceptors (Lipinski definition) is 4. The number of halogens is 1. The normalized spacial score (nSPS) is 10.1. The van der Waals surface area contributed by atoms with Crippen LogP contribution in [0.5, 0.6) is 0 Å². The zero-order valence-electron chi connectivity index (χ0n) is 8.49. The highest BCUT2D eigenvalue weighted by molar-refractivity contribution is 9.10. The predicted molar refractivity (Wildman–Crippen MR) is 64.8 cm³/mol. The standard InChI is InChI=1S/C10H9BrN4O/c1-6-9(16)13-10(15-14-6)12-8-4-2-7(11)3-5-8/h2-5H,1H3,(H2,12,13,15,16). The quantitative estimate of drug-likeness (QED) is 0.883. The zero-order chi connectivity index (χ0) is 11.5. The second kappa shape index (κ2) is 4.44.